The smallest absolute Gasteiger partial charge is 0.161 e. The zero-order valence-electron chi connectivity index (χ0n) is 17.2. The van der Waals surface area contributed by atoms with Crippen molar-refractivity contribution in [2.24, 2.45) is 0 Å². The first-order valence-corrected chi connectivity index (χ1v) is 9.79. The lowest BCUT2D eigenvalue weighted by molar-refractivity contribution is -0.00100. The Morgan fingerprint density at radius 3 is 2.40 bits per heavy atom. The topological polar surface area (TPSA) is 43.0 Å². The molecule has 3 rings (SSSR count). The molecule has 168 valence electrons. The molecule has 2 aromatic carbocycles. The van der Waals surface area contributed by atoms with Gasteiger partial charge < -0.3 is 44.3 Å². The number of halogens is 3. The number of hydrogen-bond donors (Lipinski definition) is 1. The van der Waals surface area contributed by atoms with Crippen molar-refractivity contribution >= 4 is 0 Å². The maximum Gasteiger partial charge on any atom is 0.161 e. The number of nitrogens with zero attached hydrogens (tertiary/aromatic N) is 1. The predicted molar refractivity (Wildman–Crippen MR) is 107 cm³/mol. The van der Waals surface area contributed by atoms with Crippen LogP contribution in [0.15, 0.2) is 42.5 Å². The lowest BCUT2D eigenvalue weighted by atomic mass is 10.2. The van der Waals surface area contributed by atoms with Crippen molar-refractivity contribution in [2.75, 3.05) is 46.5 Å². The van der Waals surface area contributed by atoms with Gasteiger partial charge in [0.05, 0.1) is 20.3 Å². The molecule has 0 bridgehead atoms. The first-order chi connectivity index (χ1) is 13.7. The van der Waals surface area contributed by atoms with Gasteiger partial charge in [-0.05, 0) is 54.9 Å². The fourth-order valence-electron chi connectivity index (χ4n) is 3.17. The van der Waals surface area contributed by atoms with E-state index in [1.807, 2.05) is 18.2 Å². The summed E-state index contributed by atoms with van der Waals surface area (Å²) in [6, 6.07) is 12.3. The summed E-state index contributed by atoms with van der Waals surface area (Å²) in [4.78, 5) is 2.45. The van der Waals surface area contributed by atoms with Crippen molar-refractivity contribution in [3.05, 3.63) is 59.4 Å². The molecular formula is C22H29Cl2FN2O3-2. The van der Waals surface area contributed by atoms with Crippen LogP contribution >= 0.6 is 0 Å². The number of ether oxygens (including phenoxy) is 3. The third-order valence-electron chi connectivity index (χ3n) is 4.80. The van der Waals surface area contributed by atoms with Crippen molar-refractivity contribution in [2.45, 2.75) is 19.6 Å². The number of benzene rings is 2. The van der Waals surface area contributed by atoms with Crippen molar-refractivity contribution in [3.8, 4) is 11.5 Å². The Hall–Kier alpha value is -1.57. The molecule has 0 aromatic heterocycles. The van der Waals surface area contributed by atoms with Crippen LogP contribution in [0.1, 0.15) is 17.5 Å². The van der Waals surface area contributed by atoms with Gasteiger partial charge in [0, 0.05) is 19.6 Å². The van der Waals surface area contributed by atoms with Gasteiger partial charge in [0.15, 0.2) is 11.5 Å². The molecule has 1 heterocycles. The molecular weight excluding hydrogens is 430 g/mol. The highest BCUT2D eigenvalue weighted by Gasteiger charge is 2.09. The highest BCUT2D eigenvalue weighted by molar-refractivity contribution is 5.43. The molecule has 0 aliphatic carbocycles. The Labute approximate surface area is 190 Å². The largest absolute Gasteiger partial charge is 1.00 e. The molecule has 0 radical (unpaired) electrons. The van der Waals surface area contributed by atoms with Gasteiger partial charge in [-0.1, -0.05) is 18.2 Å². The number of nitrogens with one attached hydrogen (secondary N) is 1. The Morgan fingerprint density at radius 2 is 1.70 bits per heavy atom. The van der Waals surface area contributed by atoms with E-state index >= 15 is 0 Å². The lowest BCUT2D eigenvalue weighted by Crippen LogP contribution is -3.00. The fraction of sp³-hybridized carbons (Fsp3) is 0.455. The van der Waals surface area contributed by atoms with E-state index in [0.29, 0.717) is 18.1 Å². The summed E-state index contributed by atoms with van der Waals surface area (Å²) in [5.41, 5.74) is 2.06. The molecule has 1 saturated heterocycles. The number of hydrogen-bond acceptors (Lipinski definition) is 5. The Balaban J connectivity index is 0.00000225. The number of morpholine rings is 1. The van der Waals surface area contributed by atoms with Crippen molar-refractivity contribution in [1.29, 1.82) is 0 Å². The van der Waals surface area contributed by atoms with Crippen molar-refractivity contribution in [1.82, 2.24) is 10.2 Å². The van der Waals surface area contributed by atoms with E-state index in [9.17, 15) is 4.39 Å². The zero-order chi connectivity index (χ0) is 19.6. The molecule has 1 N–H and O–H groups in total. The van der Waals surface area contributed by atoms with E-state index in [4.69, 9.17) is 14.2 Å². The van der Waals surface area contributed by atoms with Crippen LogP contribution in [0, 0.1) is 5.82 Å². The summed E-state index contributed by atoms with van der Waals surface area (Å²) in [5.74, 6) is 1.14. The second-order valence-corrected chi connectivity index (χ2v) is 6.88. The lowest BCUT2D eigenvalue weighted by Gasteiger charge is -2.26. The molecule has 8 heteroatoms. The van der Waals surface area contributed by atoms with Crippen molar-refractivity contribution < 1.29 is 43.4 Å². The Bertz CT molecular complexity index is 729. The van der Waals surface area contributed by atoms with Crippen molar-refractivity contribution in [3.63, 3.8) is 0 Å². The summed E-state index contributed by atoms with van der Waals surface area (Å²) in [5, 5.41) is 3.49. The molecule has 2 aromatic rings. The van der Waals surface area contributed by atoms with E-state index in [0.717, 1.165) is 63.5 Å². The van der Waals surface area contributed by atoms with Crippen LogP contribution in [0.3, 0.4) is 0 Å². The van der Waals surface area contributed by atoms with Gasteiger partial charge in [-0.3, -0.25) is 4.90 Å². The van der Waals surface area contributed by atoms with Crippen LogP contribution in [-0.4, -0.2) is 51.4 Å². The van der Waals surface area contributed by atoms with Gasteiger partial charge >= 0.3 is 0 Å². The van der Waals surface area contributed by atoms with Gasteiger partial charge in [0.25, 0.3) is 0 Å². The maximum atomic E-state index is 13.0. The average Bonchev–Trinajstić information content (AvgIpc) is 2.74. The summed E-state index contributed by atoms with van der Waals surface area (Å²) >= 11 is 0. The van der Waals surface area contributed by atoms with Gasteiger partial charge in [-0.25, -0.2) is 4.39 Å². The van der Waals surface area contributed by atoms with Gasteiger partial charge in [-0.15, -0.1) is 0 Å². The Morgan fingerprint density at radius 1 is 1.00 bits per heavy atom. The molecule has 1 aliphatic heterocycles. The second-order valence-electron chi connectivity index (χ2n) is 6.88. The van der Waals surface area contributed by atoms with Crippen LogP contribution < -0.4 is 39.6 Å². The standard InChI is InChI=1S/C22H29FN2O3.2ClH/c1-26-22-15-19(16-24-9-2-10-25-11-13-27-14-12-25)5-8-21(22)28-17-18-3-6-20(23)7-4-18;;/h3-8,15,24H,2,9-14,16-17H2,1H3;2*1H/p-2. The van der Waals surface area contributed by atoms with Gasteiger partial charge in [-0.2, -0.15) is 0 Å². The molecule has 0 amide bonds. The zero-order valence-corrected chi connectivity index (χ0v) is 18.7. The summed E-state index contributed by atoms with van der Waals surface area (Å²) in [6.07, 6.45) is 1.12. The van der Waals surface area contributed by atoms with Crippen LogP contribution in [0.2, 0.25) is 0 Å². The molecule has 0 unspecified atom stereocenters. The Kier molecular flexibility index (Phi) is 12.7. The fourth-order valence-corrected chi connectivity index (χ4v) is 3.17. The molecule has 5 nitrogen and oxygen atoms in total. The minimum atomic E-state index is -0.247. The second kappa shape index (κ2) is 14.4. The third kappa shape index (κ3) is 8.66. The van der Waals surface area contributed by atoms with E-state index in [-0.39, 0.29) is 30.6 Å². The predicted octanol–water partition coefficient (Wildman–Crippen LogP) is -2.77. The van der Waals surface area contributed by atoms with E-state index in [1.165, 1.54) is 12.1 Å². The quantitative estimate of drug-likeness (QED) is 0.390. The van der Waals surface area contributed by atoms with Crippen LogP contribution in [0.25, 0.3) is 0 Å². The highest BCUT2D eigenvalue weighted by Crippen LogP contribution is 2.28. The normalized spacial score (nSPS) is 13.8. The molecule has 1 aliphatic rings. The summed E-state index contributed by atoms with van der Waals surface area (Å²) in [7, 11) is 1.64. The monoisotopic (exact) mass is 458 g/mol. The average molecular weight is 459 g/mol. The van der Waals surface area contributed by atoms with Crippen LogP contribution in [0.5, 0.6) is 11.5 Å². The third-order valence-corrected chi connectivity index (χ3v) is 4.80. The first kappa shape index (κ1) is 26.5. The number of rotatable bonds is 10. The molecule has 0 saturated carbocycles. The SMILES string of the molecule is COc1cc(CNCCCN2CCOCC2)ccc1OCc1ccc(F)cc1.[Cl-].[Cl-]. The highest BCUT2D eigenvalue weighted by atomic mass is 35.5. The minimum Gasteiger partial charge on any atom is -1.00 e. The molecule has 1 fully saturated rings. The summed E-state index contributed by atoms with van der Waals surface area (Å²) in [6.45, 7) is 7.02. The molecule has 0 spiro atoms. The summed E-state index contributed by atoms with van der Waals surface area (Å²) < 4.78 is 29.7. The minimum absolute atomic E-state index is 0. The first-order valence-electron chi connectivity index (χ1n) is 9.79. The molecule has 0 atom stereocenters. The number of methoxy groups -OCH3 is 1. The van der Waals surface area contributed by atoms with Gasteiger partial charge in [0.2, 0.25) is 0 Å². The van der Waals surface area contributed by atoms with Gasteiger partial charge in [0.1, 0.15) is 12.4 Å². The van der Waals surface area contributed by atoms with E-state index < -0.39 is 0 Å². The van der Waals surface area contributed by atoms with E-state index in [1.54, 1.807) is 19.2 Å². The molecule has 30 heavy (non-hydrogen) atoms. The maximum absolute atomic E-state index is 13.0. The van der Waals surface area contributed by atoms with Crippen LogP contribution in [0.4, 0.5) is 4.39 Å². The van der Waals surface area contributed by atoms with E-state index in [2.05, 4.69) is 10.2 Å². The van der Waals surface area contributed by atoms with Crippen LogP contribution in [-0.2, 0) is 17.9 Å².